The van der Waals surface area contributed by atoms with E-state index < -0.39 is 0 Å². The van der Waals surface area contributed by atoms with Gasteiger partial charge in [-0.15, -0.1) is 11.6 Å². The predicted molar refractivity (Wildman–Crippen MR) is 66.1 cm³/mol. The van der Waals surface area contributed by atoms with Crippen molar-refractivity contribution in [2.75, 3.05) is 5.88 Å². The second-order valence-corrected chi connectivity index (χ2v) is 3.68. The van der Waals surface area contributed by atoms with E-state index in [1.165, 1.54) is 5.39 Å². The number of allylic oxidation sites excluding steroid dienone is 1. The molecule has 0 N–H and O–H groups in total. The lowest BCUT2D eigenvalue weighted by Gasteiger charge is -1.99. The average Bonchev–Trinajstić information content (AvgIpc) is 2.30. The number of benzene rings is 1. The number of hydrogen-bond donors (Lipinski definition) is 0. The van der Waals surface area contributed by atoms with Crippen molar-refractivity contribution in [2.24, 2.45) is 0 Å². The average molecular weight is 218 g/mol. The van der Waals surface area contributed by atoms with Crippen LogP contribution in [-0.2, 0) is 0 Å². The monoisotopic (exact) mass is 217 g/mol. The highest BCUT2D eigenvalue weighted by Gasteiger charge is 1.96. The molecule has 2 rings (SSSR count). The first-order chi connectivity index (χ1) is 7.42. The molecule has 15 heavy (non-hydrogen) atoms. The van der Waals surface area contributed by atoms with Gasteiger partial charge in [0.25, 0.3) is 0 Å². The highest BCUT2D eigenvalue weighted by molar-refractivity contribution is 6.17. The lowest BCUT2D eigenvalue weighted by molar-refractivity contribution is 1.24. The molecular weight excluding hydrogens is 206 g/mol. The number of rotatable bonds is 3. The van der Waals surface area contributed by atoms with E-state index in [1.807, 2.05) is 18.3 Å². The van der Waals surface area contributed by atoms with E-state index in [0.29, 0.717) is 5.88 Å². The summed E-state index contributed by atoms with van der Waals surface area (Å²) >= 11 is 5.62. The van der Waals surface area contributed by atoms with Crippen molar-refractivity contribution in [1.29, 1.82) is 0 Å². The topological polar surface area (TPSA) is 12.9 Å². The molecule has 0 atom stereocenters. The number of alkyl halides is 1. The van der Waals surface area contributed by atoms with Gasteiger partial charge in [-0.3, -0.25) is 4.98 Å². The molecule has 1 aromatic carbocycles. The number of pyridine rings is 1. The summed E-state index contributed by atoms with van der Waals surface area (Å²) in [7, 11) is 0. The smallest absolute Gasteiger partial charge is 0.0774 e. The number of nitrogens with zero attached hydrogens (tertiary/aromatic N) is 1. The minimum atomic E-state index is 0.661. The van der Waals surface area contributed by atoms with Crippen LogP contribution in [0.4, 0.5) is 0 Å². The van der Waals surface area contributed by atoms with E-state index in [0.717, 1.165) is 17.5 Å². The molecule has 0 bridgehead atoms. The van der Waals surface area contributed by atoms with E-state index in [9.17, 15) is 0 Å². The van der Waals surface area contributed by atoms with Crippen LogP contribution in [0.3, 0.4) is 0 Å². The normalized spacial score (nSPS) is 11.3. The van der Waals surface area contributed by atoms with Crippen molar-refractivity contribution >= 4 is 28.6 Å². The Kier molecular flexibility index (Phi) is 3.36. The minimum absolute atomic E-state index is 0.661. The summed E-state index contributed by atoms with van der Waals surface area (Å²) < 4.78 is 0. The van der Waals surface area contributed by atoms with Gasteiger partial charge in [-0.2, -0.15) is 0 Å². The Morgan fingerprint density at radius 2 is 2.07 bits per heavy atom. The van der Waals surface area contributed by atoms with Gasteiger partial charge in [-0.1, -0.05) is 36.4 Å². The van der Waals surface area contributed by atoms with E-state index in [1.54, 1.807) is 0 Å². The standard InChI is InChI=1S/C13H12ClN/c14-9-2-1-5-11-6-3-7-12-8-4-10-15-13(11)12/h1,3-8,10H,2,9H2/b5-1+. The third kappa shape index (κ3) is 2.37. The van der Waals surface area contributed by atoms with Gasteiger partial charge in [0, 0.05) is 23.0 Å². The molecule has 0 saturated heterocycles. The predicted octanol–water partition coefficient (Wildman–Crippen LogP) is 3.88. The van der Waals surface area contributed by atoms with Crippen LogP contribution in [0.25, 0.3) is 17.0 Å². The van der Waals surface area contributed by atoms with Crippen molar-refractivity contribution in [3.05, 3.63) is 48.2 Å². The molecule has 0 spiro atoms. The molecule has 1 aromatic heterocycles. The molecule has 0 aliphatic heterocycles. The maximum Gasteiger partial charge on any atom is 0.0774 e. The first kappa shape index (κ1) is 10.2. The van der Waals surface area contributed by atoms with Crippen LogP contribution >= 0.6 is 11.6 Å². The summed E-state index contributed by atoms with van der Waals surface area (Å²) in [6.45, 7) is 0. The summed E-state index contributed by atoms with van der Waals surface area (Å²) in [4.78, 5) is 4.38. The molecule has 0 fully saturated rings. The molecular formula is C13H12ClN. The highest BCUT2D eigenvalue weighted by atomic mass is 35.5. The second-order valence-electron chi connectivity index (χ2n) is 3.30. The van der Waals surface area contributed by atoms with Gasteiger partial charge in [0.05, 0.1) is 5.52 Å². The first-order valence-corrected chi connectivity index (χ1v) is 5.51. The highest BCUT2D eigenvalue weighted by Crippen LogP contribution is 2.17. The van der Waals surface area contributed by atoms with Gasteiger partial charge in [0.2, 0.25) is 0 Å². The SMILES string of the molecule is ClCC/C=C/c1cccc2cccnc12. The zero-order valence-corrected chi connectivity index (χ0v) is 9.11. The second kappa shape index (κ2) is 4.94. The molecule has 0 unspecified atom stereocenters. The third-order valence-electron chi connectivity index (χ3n) is 2.24. The van der Waals surface area contributed by atoms with Gasteiger partial charge >= 0.3 is 0 Å². The van der Waals surface area contributed by atoms with Gasteiger partial charge in [0.15, 0.2) is 0 Å². The molecule has 1 nitrogen and oxygen atoms in total. The van der Waals surface area contributed by atoms with Crippen LogP contribution < -0.4 is 0 Å². The minimum Gasteiger partial charge on any atom is -0.256 e. The first-order valence-electron chi connectivity index (χ1n) is 4.98. The molecule has 0 aliphatic carbocycles. The van der Waals surface area contributed by atoms with E-state index in [4.69, 9.17) is 11.6 Å². The lowest BCUT2D eigenvalue weighted by Crippen LogP contribution is -1.81. The molecule has 76 valence electrons. The van der Waals surface area contributed by atoms with Crippen molar-refractivity contribution < 1.29 is 0 Å². The fourth-order valence-corrected chi connectivity index (χ4v) is 1.66. The Hall–Kier alpha value is -1.34. The van der Waals surface area contributed by atoms with E-state index >= 15 is 0 Å². The quantitative estimate of drug-likeness (QED) is 0.712. The maximum atomic E-state index is 5.62. The van der Waals surface area contributed by atoms with E-state index in [-0.39, 0.29) is 0 Å². The van der Waals surface area contributed by atoms with Crippen LogP contribution in [0.2, 0.25) is 0 Å². The number of fused-ring (bicyclic) bond motifs is 1. The largest absolute Gasteiger partial charge is 0.256 e. The molecule has 0 amide bonds. The van der Waals surface area contributed by atoms with Gasteiger partial charge in [0.1, 0.15) is 0 Å². The van der Waals surface area contributed by atoms with Crippen molar-refractivity contribution in [2.45, 2.75) is 6.42 Å². The number of aromatic nitrogens is 1. The number of hydrogen-bond acceptors (Lipinski definition) is 1. The Balaban J connectivity index is 2.42. The molecule has 0 radical (unpaired) electrons. The Morgan fingerprint density at radius 3 is 2.93 bits per heavy atom. The van der Waals surface area contributed by atoms with Gasteiger partial charge in [-0.05, 0) is 12.5 Å². The molecule has 2 aromatic rings. The lowest BCUT2D eigenvalue weighted by atomic mass is 10.1. The molecule has 2 heteroatoms. The van der Waals surface area contributed by atoms with Crippen LogP contribution in [0.15, 0.2) is 42.6 Å². The summed E-state index contributed by atoms with van der Waals surface area (Å²) in [5.41, 5.74) is 2.20. The van der Waals surface area contributed by atoms with Crippen LogP contribution in [0, 0.1) is 0 Å². The summed E-state index contributed by atoms with van der Waals surface area (Å²) in [5.74, 6) is 0.661. The Labute approximate surface area is 94.4 Å². The third-order valence-corrected chi connectivity index (χ3v) is 2.46. The maximum absolute atomic E-state index is 5.62. The fourth-order valence-electron chi connectivity index (χ4n) is 1.54. The molecule has 1 heterocycles. The zero-order chi connectivity index (χ0) is 10.5. The summed E-state index contributed by atoms with van der Waals surface area (Å²) in [6, 6.07) is 10.2. The zero-order valence-electron chi connectivity index (χ0n) is 8.36. The summed E-state index contributed by atoms with van der Waals surface area (Å²) in [5, 5.41) is 1.17. The van der Waals surface area contributed by atoms with E-state index in [2.05, 4.69) is 35.3 Å². The number of halogens is 1. The Bertz CT molecular complexity index is 471. The van der Waals surface area contributed by atoms with Crippen molar-refractivity contribution in [3.8, 4) is 0 Å². The summed E-state index contributed by atoms with van der Waals surface area (Å²) in [6.07, 6.45) is 6.88. The fraction of sp³-hybridized carbons (Fsp3) is 0.154. The molecule has 0 aliphatic rings. The van der Waals surface area contributed by atoms with Crippen LogP contribution in [-0.4, -0.2) is 10.9 Å². The molecule has 0 saturated carbocycles. The van der Waals surface area contributed by atoms with Crippen LogP contribution in [0.5, 0.6) is 0 Å². The van der Waals surface area contributed by atoms with Gasteiger partial charge in [-0.25, -0.2) is 0 Å². The Morgan fingerprint density at radius 1 is 1.20 bits per heavy atom. The van der Waals surface area contributed by atoms with Crippen molar-refractivity contribution in [1.82, 2.24) is 4.98 Å². The van der Waals surface area contributed by atoms with Crippen molar-refractivity contribution in [3.63, 3.8) is 0 Å². The number of para-hydroxylation sites is 1. The van der Waals surface area contributed by atoms with Crippen LogP contribution in [0.1, 0.15) is 12.0 Å². The van der Waals surface area contributed by atoms with Gasteiger partial charge < -0.3 is 0 Å².